The fraction of sp³-hybridized carbons (Fsp3) is 0.263. The van der Waals surface area contributed by atoms with E-state index in [1.807, 2.05) is 48.7 Å². The van der Waals surface area contributed by atoms with Gasteiger partial charge in [0.15, 0.2) is 11.6 Å². The van der Waals surface area contributed by atoms with Gasteiger partial charge in [0.05, 0.1) is 0 Å². The van der Waals surface area contributed by atoms with E-state index in [-0.39, 0.29) is 11.8 Å². The highest BCUT2D eigenvalue weighted by Crippen LogP contribution is 2.26. The van der Waals surface area contributed by atoms with Crippen molar-refractivity contribution < 1.29 is 4.79 Å². The summed E-state index contributed by atoms with van der Waals surface area (Å²) >= 11 is 0. The Morgan fingerprint density at radius 2 is 1.77 bits per heavy atom. The number of anilines is 3. The maximum atomic E-state index is 12.2. The molecule has 1 saturated carbocycles. The van der Waals surface area contributed by atoms with Crippen LogP contribution in [0, 0.1) is 5.92 Å². The lowest BCUT2D eigenvalue weighted by molar-refractivity contribution is -0.119. The summed E-state index contributed by atoms with van der Waals surface area (Å²) in [5.41, 5.74) is 1.69. The molecular formula is C19H20N6O. The summed E-state index contributed by atoms with van der Waals surface area (Å²) in [5, 5.41) is 18.6. The first-order valence-electron chi connectivity index (χ1n) is 8.80. The normalized spacial score (nSPS) is 14.3. The zero-order valence-electron chi connectivity index (χ0n) is 14.3. The Kier molecular flexibility index (Phi) is 4.59. The number of rotatable bonds is 5. The number of hydrogen-bond donors (Lipinski definition) is 2. The third kappa shape index (κ3) is 3.72. The molecule has 1 amide bonds. The summed E-state index contributed by atoms with van der Waals surface area (Å²) < 4.78 is 1.65. The Bertz CT molecular complexity index is 852. The zero-order valence-corrected chi connectivity index (χ0v) is 14.3. The van der Waals surface area contributed by atoms with Crippen molar-refractivity contribution in [1.29, 1.82) is 0 Å². The average molecular weight is 348 g/mol. The van der Waals surface area contributed by atoms with Crippen LogP contribution in [-0.2, 0) is 4.79 Å². The quantitative estimate of drug-likeness (QED) is 0.737. The number of carbonyl (C=O) groups is 1. The predicted octanol–water partition coefficient (Wildman–Crippen LogP) is 3.53. The minimum absolute atomic E-state index is 0.128. The molecule has 1 fully saturated rings. The van der Waals surface area contributed by atoms with Crippen molar-refractivity contribution >= 4 is 23.1 Å². The summed E-state index contributed by atoms with van der Waals surface area (Å²) in [6.45, 7) is 0. The van der Waals surface area contributed by atoms with E-state index in [9.17, 15) is 4.79 Å². The second-order valence-electron chi connectivity index (χ2n) is 6.40. The van der Waals surface area contributed by atoms with E-state index in [0.717, 1.165) is 37.1 Å². The molecule has 2 heterocycles. The molecule has 132 valence electrons. The Hall–Kier alpha value is -3.22. The van der Waals surface area contributed by atoms with E-state index in [1.54, 1.807) is 10.9 Å². The highest BCUT2D eigenvalue weighted by atomic mass is 16.1. The van der Waals surface area contributed by atoms with Crippen molar-refractivity contribution in [2.24, 2.45) is 5.92 Å². The third-order valence-electron chi connectivity index (χ3n) is 4.54. The highest BCUT2D eigenvalue weighted by molar-refractivity contribution is 5.92. The molecule has 1 aliphatic carbocycles. The fourth-order valence-corrected chi connectivity index (χ4v) is 3.14. The molecule has 0 saturated heterocycles. The van der Waals surface area contributed by atoms with Crippen LogP contribution in [0.4, 0.5) is 17.2 Å². The molecule has 7 nitrogen and oxygen atoms in total. The van der Waals surface area contributed by atoms with Crippen molar-refractivity contribution in [2.45, 2.75) is 25.7 Å². The maximum absolute atomic E-state index is 12.2. The number of benzene rings is 1. The monoisotopic (exact) mass is 348 g/mol. The minimum Gasteiger partial charge on any atom is -0.339 e. The van der Waals surface area contributed by atoms with E-state index < -0.39 is 0 Å². The molecule has 0 unspecified atom stereocenters. The van der Waals surface area contributed by atoms with Crippen LogP contribution < -0.4 is 10.6 Å². The molecule has 0 radical (unpaired) electrons. The van der Waals surface area contributed by atoms with Gasteiger partial charge in [-0.15, -0.1) is 10.2 Å². The smallest absolute Gasteiger partial charge is 0.227 e. The number of hydrogen-bond acceptors (Lipinski definition) is 5. The molecule has 2 N–H and O–H groups in total. The van der Waals surface area contributed by atoms with Crippen molar-refractivity contribution in [3.63, 3.8) is 0 Å². The first-order chi connectivity index (χ1) is 12.8. The van der Waals surface area contributed by atoms with Crippen molar-refractivity contribution in [3.8, 4) is 5.82 Å². The van der Waals surface area contributed by atoms with Crippen molar-refractivity contribution in [2.75, 3.05) is 10.6 Å². The van der Waals surface area contributed by atoms with Crippen molar-refractivity contribution in [1.82, 2.24) is 20.0 Å². The fourth-order valence-electron chi connectivity index (χ4n) is 3.14. The van der Waals surface area contributed by atoms with E-state index in [1.165, 1.54) is 0 Å². The number of amides is 1. The third-order valence-corrected chi connectivity index (χ3v) is 4.54. The summed E-state index contributed by atoms with van der Waals surface area (Å²) in [7, 11) is 0. The Morgan fingerprint density at radius 1 is 1.00 bits per heavy atom. The van der Waals surface area contributed by atoms with Gasteiger partial charge in [-0.2, -0.15) is 5.10 Å². The van der Waals surface area contributed by atoms with Crippen LogP contribution >= 0.6 is 0 Å². The molecule has 1 aliphatic rings. The first-order valence-corrected chi connectivity index (χ1v) is 8.80. The van der Waals surface area contributed by atoms with E-state index in [4.69, 9.17) is 0 Å². The summed E-state index contributed by atoms with van der Waals surface area (Å²) in [5.74, 6) is 1.59. The standard InChI is InChI=1S/C19H20N6O/c26-19(14-4-1-2-5-14)22-16-8-6-15(7-9-16)21-17-10-11-18(24-23-17)25-13-3-12-20-25/h3,6-14H,1-2,4-5H2,(H,21,23)(H,22,26). The second-order valence-corrected chi connectivity index (χ2v) is 6.40. The summed E-state index contributed by atoms with van der Waals surface area (Å²) in [4.78, 5) is 12.2. The molecule has 0 spiro atoms. The van der Waals surface area contributed by atoms with Crippen LogP contribution in [0.3, 0.4) is 0 Å². The molecule has 4 rings (SSSR count). The Labute approximate surface area is 151 Å². The SMILES string of the molecule is O=C(Nc1ccc(Nc2ccc(-n3cccn3)nn2)cc1)C1CCCC1. The highest BCUT2D eigenvalue weighted by Gasteiger charge is 2.22. The van der Waals surface area contributed by atoms with Crippen molar-refractivity contribution in [3.05, 3.63) is 54.9 Å². The molecule has 0 aliphatic heterocycles. The topological polar surface area (TPSA) is 84.7 Å². The average Bonchev–Trinajstić information content (AvgIpc) is 3.38. The van der Waals surface area contributed by atoms with Gasteiger partial charge >= 0.3 is 0 Å². The van der Waals surface area contributed by atoms with Gasteiger partial charge < -0.3 is 10.6 Å². The molecule has 2 aromatic heterocycles. The zero-order chi connectivity index (χ0) is 17.8. The molecule has 26 heavy (non-hydrogen) atoms. The van der Waals surface area contributed by atoms with Crippen LogP contribution in [0.5, 0.6) is 0 Å². The Balaban J connectivity index is 1.37. The van der Waals surface area contributed by atoms with Crippen LogP contribution in [0.2, 0.25) is 0 Å². The maximum Gasteiger partial charge on any atom is 0.227 e. The minimum atomic E-state index is 0.128. The van der Waals surface area contributed by atoms with Gasteiger partial charge in [0.25, 0.3) is 0 Å². The van der Waals surface area contributed by atoms with Crippen LogP contribution in [0.25, 0.3) is 5.82 Å². The molecule has 3 aromatic rings. The lowest BCUT2D eigenvalue weighted by Gasteiger charge is -2.11. The number of nitrogens with zero attached hydrogens (tertiary/aromatic N) is 4. The summed E-state index contributed by atoms with van der Waals surface area (Å²) in [6.07, 6.45) is 7.82. The summed E-state index contributed by atoms with van der Waals surface area (Å²) in [6, 6.07) is 13.1. The van der Waals surface area contributed by atoms with Crippen LogP contribution in [-0.4, -0.2) is 25.9 Å². The van der Waals surface area contributed by atoms with Crippen LogP contribution in [0.15, 0.2) is 54.9 Å². The molecule has 7 heteroatoms. The van der Waals surface area contributed by atoms with Gasteiger partial charge in [-0.3, -0.25) is 4.79 Å². The predicted molar refractivity (Wildman–Crippen MR) is 99.5 cm³/mol. The second kappa shape index (κ2) is 7.35. The van der Waals surface area contributed by atoms with Gasteiger partial charge in [-0.25, -0.2) is 4.68 Å². The lowest BCUT2D eigenvalue weighted by Crippen LogP contribution is -2.20. The van der Waals surface area contributed by atoms with Gasteiger partial charge in [-0.05, 0) is 55.3 Å². The van der Waals surface area contributed by atoms with Gasteiger partial charge in [0.2, 0.25) is 5.91 Å². The van der Waals surface area contributed by atoms with E-state index in [0.29, 0.717) is 11.6 Å². The lowest BCUT2D eigenvalue weighted by atomic mass is 10.1. The first kappa shape index (κ1) is 16.3. The molecule has 1 aromatic carbocycles. The largest absolute Gasteiger partial charge is 0.339 e. The van der Waals surface area contributed by atoms with Crippen LogP contribution in [0.1, 0.15) is 25.7 Å². The Morgan fingerprint density at radius 3 is 2.42 bits per heavy atom. The number of carbonyl (C=O) groups excluding carboxylic acids is 1. The van der Waals surface area contributed by atoms with E-state index in [2.05, 4.69) is 25.9 Å². The molecule has 0 atom stereocenters. The molecular weight excluding hydrogens is 328 g/mol. The number of nitrogens with one attached hydrogen (secondary N) is 2. The van der Waals surface area contributed by atoms with Gasteiger partial charge in [-0.1, -0.05) is 12.8 Å². The van der Waals surface area contributed by atoms with Gasteiger partial charge in [0, 0.05) is 29.7 Å². The van der Waals surface area contributed by atoms with E-state index >= 15 is 0 Å². The van der Waals surface area contributed by atoms with Gasteiger partial charge in [0.1, 0.15) is 0 Å². The molecule has 0 bridgehead atoms. The number of aromatic nitrogens is 4.